The minimum Gasteiger partial charge on any atom is -0.273 e. The van der Waals surface area contributed by atoms with Crippen LogP contribution in [0.1, 0.15) is 26.5 Å². The number of hydrogen-bond donors (Lipinski definition) is 2. The molecule has 112 valence electrons. The number of aryl methyl sites for hydroxylation is 2. The normalized spacial score (nSPS) is 14.1. The lowest BCUT2D eigenvalue weighted by Gasteiger charge is -2.05. The number of nitrogens with one attached hydrogen (secondary N) is 2. The molecular formula is C12H11ClN2O3S3. The van der Waals surface area contributed by atoms with Crippen LogP contribution in [0, 0.1) is 0 Å². The Balaban J connectivity index is 1.68. The average molecular weight is 363 g/mol. The van der Waals surface area contributed by atoms with Crippen LogP contribution in [0.15, 0.2) is 22.4 Å². The second kappa shape index (κ2) is 5.69. The van der Waals surface area contributed by atoms with Gasteiger partial charge in [-0.15, -0.1) is 27.5 Å². The van der Waals surface area contributed by atoms with Crippen LogP contribution in [0.2, 0.25) is 4.34 Å². The zero-order chi connectivity index (χ0) is 15.0. The van der Waals surface area contributed by atoms with E-state index < -0.39 is 15.9 Å². The van der Waals surface area contributed by atoms with Gasteiger partial charge in [0.1, 0.15) is 4.21 Å². The van der Waals surface area contributed by atoms with Gasteiger partial charge in [-0.05, 0) is 43.0 Å². The fraction of sp³-hybridized carbons (Fsp3) is 0.250. The first kappa shape index (κ1) is 15.0. The van der Waals surface area contributed by atoms with Crippen LogP contribution in [0.5, 0.6) is 0 Å². The summed E-state index contributed by atoms with van der Waals surface area (Å²) in [5.41, 5.74) is 3.43. The molecule has 0 bridgehead atoms. The molecule has 0 atom stereocenters. The third kappa shape index (κ3) is 3.14. The summed E-state index contributed by atoms with van der Waals surface area (Å²) in [4.78, 5) is 15.8. The molecule has 2 heterocycles. The molecule has 0 unspecified atom stereocenters. The molecule has 0 saturated heterocycles. The van der Waals surface area contributed by atoms with Crippen molar-refractivity contribution in [3.63, 3.8) is 0 Å². The van der Waals surface area contributed by atoms with Crippen molar-refractivity contribution in [2.24, 2.45) is 0 Å². The highest BCUT2D eigenvalue weighted by molar-refractivity contribution is 7.91. The van der Waals surface area contributed by atoms with Crippen LogP contribution < -0.4 is 10.3 Å². The number of fused-ring (bicyclic) bond motifs is 1. The summed E-state index contributed by atoms with van der Waals surface area (Å²) >= 11 is 8.05. The number of hydrogen-bond acceptors (Lipinski definition) is 5. The van der Waals surface area contributed by atoms with E-state index in [1.54, 1.807) is 0 Å². The highest BCUT2D eigenvalue weighted by atomic mass is 35.5. The summed E-state index contributed by atoms with van der Waals surface area (Å²) in [6.45, 7) is 0. The molecule has 0 saturated carbocycles. The van der Waals surface area contributed by atoms with Crippen LogP contribution in [0.3, 0.4) is 0 Å². The maximum atomic E-state index is 12.0. The number of carbonyl (C=O) groups is 1. The Labute approximate surface area is 135 Å². The first-order valence-corrected chi connectivity index (χ1v) is 9.64. The fourth-order valence-electron chi connectivity index (χ4n) is 2.11. The lowest BCUT2D eigenvalue weighted by atomic mass is 10.2. The third-order valence-electron chi connectivity index (χ3n) is 3.08. The summed E-state index contributed by atoms with van der Waals surface area (Å²) in [5.74, 6) is -0.444. The van der Waals surface area contributed by atoms with Crippen LogP contribution in [0.4, 0.5) is 0 Å². The first-order valence-electron chi connectivity index (χ1n) is 6.15. The van der Waals surface area contributed by atoms with E-state index in [0.717, 1.165) is 30.6 Å². The Morgan fingerprint density at radius 1 is 1.24 bits per heavy atom. The van der Waals surface area contributed by atoms with Crippen molar-refractivity contribution in [1.82, 2.24) is 10.3 Å². The summed E-state index contributed by atoms with van der Waals surface area (Å²) < 4.78 is 24.3. The van der Waals surface area contributed by atoms with E-state index in [0.29, 0.717) is 9.21 Å². The smallest absolute Gasteiger partial charge is 0.273 e. The van der Waals surface area contributed by atoms with Gasteiger partial charge in [-0.3, -0.25) is 10.2 Å². The molecule has 5 nitrogen and oxygen atoms in total. The molecule has 0 spiro atoms. The van der Waals surface area contributed by atoms with Crippen molar-refractivity contribution in [2.75, 3.05) is 0 Å². The van der Waals surface area contributed by atoms with Crippen LogP contribution >= 0.6 is 34.3 Å². The van der Waals surface area contributed by atoms with Crippen molar-refractivity contribution in [3.05, 3.63) is 37.9 Å². The zero-order valence-electron chi connectivity index (χ0n) is 10.7. The van der Waals surface area contributed by atoms with E-state index in [4.69, 9.17) is 11.6 Å². The molecule has 0 fully saturated rings. The number of amides is 1. The van der Waals surface area contributed by atoms with Crippen molar-refractivity contribution < 1.29 is 13.2 Å². The van der Waals surface area contributed by atoms with Gasteiger partial charge >= 0.3 is 0 Å². The topological polar surface area (TPSA) is 75.3 Å². The van der Waals surface area contributed by atoms with E-state index in [1.807, 2.05) is 6.07 Å². The number of halogens is 1. The van der Waals surface area contributed by atoms with Crippen molar-refractivity contribution in [3.8, 4) is 0 Å². The molecule has 1 aliphatic rings. The number of hydrazine groups is 1. The SMILES string of the molecule is O=C(NNS(=O)(=O)c1ccc(Cl)s1)c1cc2c(s1)CCC2. The number of carbonyl (C=O) groups excluding carboxylic acids is 1. The van der Waals surface area contributed by atoms with E-state index in [1.165, 1.54) is 33.9 Å². The highest BCUT2D eigenvalue weighted by Gasteiger charge is 2.21. The minimum absolute atomic E-state index is 0.0569. The van der Waals surface area contributed by atoms with Gasteiger partial charge in [0.05, 0.1) is 9.21 Å². The van der Waals surface area contributed by atoms with Gasteiger partial charge in [-0.2, -0.15) is 0 Å². The van der Waals surface area contributed by atoms with Gasteiger partial charge in [0.25, 0.3) is 15.9 Å². The van der Waals surface area contributed by atoms with E-state index in [-0.39, 0.29) is 4.21 Å². The van der Waals surface area contributed by atoms with Crippen LogP contribution in [-0.4, -0.2) is 14.3 Å². The number of thiophene rings is 2. The van der Waals surface area contributed by atoms with Gasteiger partial charge < -0.3 is 0 Å². The molecule has 1 amide bonds. The van der Waals surface area contributed by atoms with Gasteiger partial charge in [0.2, 0.25) is 0 Å². The van der Waals surface area contributed by atoms with E-state index in [9.17, 15) is 13.2 Å². The standard InChI is InChI=1S/C12H11ClN2O3S3/c13-10-4-5-11(20-10)21(17,18)15-14-12(16)9-6-7-2-1-3-8(7)19-9/h4-6,15H,1-3H2,(H,14,16). The maximum absolute atomic E-state index is 12.0. The molecule has 3 rings (SSSR count). The summed E-state index contributed by atoms with van der Waals surface area (Å²) in [7, 11) is -3.78. The number of rotatable bonds is 4. The quantitative estimate of drug-likeness (QED) is 0.821. The number of sulfonamides is 1. The lowest BCUT2D eigenvalue weighted by Crippen LogP contribution is -2.40. The summed E-state index contributed by atoms with van der Waals surface area (Å²) in [6.07, 6.45) is 3.10. The van der Waals surface area contributed by atoms with Gasteiger partial charge in [0, 0.05) is 4.88 Å². The maximum Gasteiger partial charge on any atom is 0.276 e. The fourth-order valence-corrected chi connectivity index (χ4v) is 5.58. The summed E-state index contributed by atoms with van der Waals surface area (Å²) in [6, 6.07) is 4.71. The zero-order valence-corrected chi connectivity index (χ0v) is 13.9. The van der Waals surface area contributed by atoms with Crippen molar-refractivity contribution in [2.45, 2.75) is 23.5 Å². The molecule has 2 N–H and O–H groups in total. The van der Waals surface area contributed by atoms with E-state index >= 15 is 0 Å². The first-order chi connectivity index (χ1) is 9.95. The molecule has 9 heteroatoms. The molecular weight excluding hydrogens is 352 g/mol. The average Bonchev–Trinajstić information content (AvgIpc) is 3.10. The summed E-state index contributed by atoms with van der Waals surface area (Å²) in [5, 5.41) is 0. The van der Waals surface area contributed by atoms with Gasteiger partial charge in [-0.25, -0.2) is 8.42 Å². The van der Waals surface area contributed by atoms with Crippen LogP contribution in [0.25, 0.3) is 0 Å². The molecule has 1 aliphatic carbocycles. The van der Waals surface area contributed by atoms with Gasteiger partial charge in [0.15, 0.2) is 0 Å². The van der Waals surface area contributed by atoms with Crippen molar-refractivity contribution >= 4 is 50.2 Å². The molecule has 2 aromatic heterocycles. The van der Waals surface area contributed by atoms with Gasteiger partial charge in [-0.1, -0.05) is 11.6 Å². The largest absolute Gasteiger partial charge is 0.276 e. The predicted octanol–water partition coefficient (Wildman–Crippen LogP) is 2.58. The van der Waals surface area contributed by atoms with Crippen LogP contribution in [-0.2, 0) is 22.9 Å². The Hall–Kier alpha value is -0.930. The van der Waals surface area contributed by atoms with Crippen molar-refractivity contribution in [1.29, 1.82) is 0 Å². The second-order valence-electron chi connectivity index (χ2n) is 4.53. The Morgan fingerprint density at radius 3 is 2.71 bits per heavy atom. The monoisotopic (exact) mass is 362 g/mol. The Morgan fingerprint density at radius 2 is 2.05 bits per heavy atom. The second-order valence-corrected chi connectivity index (χ2v) is 9.29. The predicted molar refractivity (Wildman–Crippen MR) is 83.5 cm³/mol. The Kier molecular flexibility index (Phi) is 4.06. The molecule has 0 aliphatic heterocycles. The molecule has 2 aromatic rings. The molecule has 0 aromatic carbocycles. The highest BCUT2D eigenvalue weighted by Crippen LogP contribution is 2.30. The molecule has 0 radical (unpaired) electrons. The Bertz CT molecular complexity index is 773. The lowest BCUT2D eigenvalue weighted by molar-refractivity contribution is 0.0949. The minimum atomic E-state index is -3.78. The molecule has 21 heavy (non-hydrogen) atoms. The third-order valence-corrected chi connectivity index (χ3v) is 7.29. The van der Waals surface area contributed by atoms with E-state index in [2.05, 4.69) is 10.3 Å².